The van der Waals surface area contributed by atoms with Crippen molar-refractivity contribution in [3.05, 3.63) is 54.1 Å². The van der Waals surface area contributed by atoms with E-state index in [-0.39, 0.29) is 11.9 Å². The van der Waals surface area contributed by atoms with Crippen LogP contribution in [-0.4, -0.2) is 37.6 Å². The standard InChI is InChI=1S/C24H27N5O2/c30-23(28-12-17-3-1-2-5-25-17)19-13-27-22-18(4-6-26-22)21(19)29-20-15-7-14-8-16(20)11-24(31,9-14)10-15/h1-6,13-16,20,31H,7-12H2,(H,28,30)(H2,26,27,29)/t14?,15-,16+,20+,24-. The summed E-state index contributed by atoms with van der Waals surface area (Å²) < 4.78 is 0. The van der Waals surface area contributed by atoms with Gasteiger partial charge in [-0.1, -0.05) is 6.07 Å². The summed E-state index contributed by atoms with van der Waals surface area (Å²) in [5.74, 6) is 1.38. The number of amides is 1. The van der Waals surface area contributed by atoms with Crippen LogP contribution in [0.3, 0.4) is 0 Å². The van der Waals surface area contributed by atoms with Crippen molar-refractivity contribution in [2.75, 3.05) is 5.32 Å². The molecular weight excluding hydrogens is 390 g/mol. The maximum absolute atomic E-state index is 13.1. The van der Waals surface area contributed by atoms with Crippen molar-refractivity contribution in [3.63, 3.8) is 0 Å². The predicted molar refractivity (Wildman–Crippen MR) is 117 cm³/mol. The molecule has 0 aromatic carbocycles. The fourth-order valence-corrected chi connectivity index (χ4v) is 6.49. The monoisotopic (exact) mass is 417 g/mol. The zero-order valence-corrected chi connectivity index (χ0v) is 17.3. The Bertz CT molecular complexity index is 1110. The Morgan fingerprint density at radius 3 is 2.74 bits per heavy atom. The zero-order chi connectivity index (χ0) is 21.0. The molecule has 5 atom stereocenters. The van der Waals surface area contributed by atoms with Gasteiger partial charge in [-0.25, -0.2) is 4.98 Å². The molecule has 0 saturated heterocycles. The van der Waals surface area contributed by atoms with E-state index in [1.807, 2.05) is 30.5 Å². The predicted octanol–water partition coefficient (Wildman–Crippen LogP) is 3.24. The summed E-state index contributed by atoms with van der Waals surface area (Å²) in [7, 11) is 0. The molecule has 4 saturated carbocycles. The Morgan fingerprint density at radius 2 is 2.00 bits per heavy atom. The number of pyridine rings is 2. The molecule has 3 heterocycles. The molecule has 4 N–H and O–H groups in total. The average Bonchev–Trinajstić information content (AvgIpc) is 3.23. The Labute approximate surface area is 180 Å². The third-order valence-corrected chi connectivity index (χ3v) is 7.54. The minimum absolute atomic E-state index is 0.161. The highest BCUT2D eigenvalue weighted by Gasteiger charge is 2.54. The Kier molecular flexibility index (Phi) is 4.28. The second-order valence-electron chi connectivity index (χ2n) is 9.66. The van der Waals surface area contributed by atoms with E-state index in [0.29, 0.717) is 29.9 Å². The minimum Gasteiger partial charge on any atom is -0.390 e. The first-order valence-electron chi connectivity index (χ1n) is 11.2. The first-order valence-corrected chi connectivity index (χ1v) is 11.2. The molecule has 0 radical (unpaired) electrons. The van der Waals surface area contributed by atoms with Gasteiger partial charge in [0.05, 0.1) is 29.1 Å². The lowest BCUT2D eigenvalue weighted by Crippen LogP contribution is -2.59. The summed E-state index contributed by atoms with van der Waals surface area (Å²) in [6.45, 7) is 0.369. The van der Waals surface area contributed by atoms with Crippen molar-refractivity contribution in [2.24, 2.45) is 17.8 Å². The summed E-state index contributed by atoms with van der Waals surface area (Å²) in [5.41, 5.74) is 2.51. The topological polar surface area (TPSA) is 103 Å². The second kappa shape index (κ2) is 7.05. The van der Waals surface area contributed by atoms with Crippen LogP contribution in [0.4, 0.5) is 5.69 Å². The lowest BCUT2D eigenvalue weighted by molar-refractivity contribution is -0.129. The lowest BCUT2D eigenvalue weighted by atomic mass is 9.52. The number of H-pyrrole nitrogens is 1. The zero-order valence-electron chi connectivity index (χ0n) is 17.3. The van der Waals surface area contributed by atoms with Gasteiger partial charge >= 0.3 is 0 Å². The molecule has 0 spiro atoms. The molecule has 0 aliphatic heterocycles. The van der Waals surface area contributed by atoms with E-state index in [9.17, 15) is 9.90 Å². The van der Waals surface area contributed by atoms with E-state index >= 15 is 0 Å². The van der Waals surface area contributed by atoms with Gasteiger partial charge in [-0.15, -0.1) is 0 Å². The van der Waals surface area contributed by atoms with Crippen LogP contribution in [0.1, 0.15) is 48.2 Å². The van der Waals surface area contributed by atoms with Crippen LogP contribution >= 0.6 is 0 Å². The molecule has 31 heavy (non-hydrogen) atoms. The Hall–Kier alpha value is -2.93. The number of nitrogens with zero attached hydrogens (tertiary/aromatic N) is 2. The molecule has 4 aliphatic carbocycles. The number of rotatable bonds is 5. The van der Waals surface area contributed by atoms with Crippen LogP contribution < -0.4 is 10.6 Å². The molecule has 7 nitrogen and oxygen atoms in total. The van der Waals surface area contributed by atoms with Gasteiger partial charge in [0.25, 0.3) is 5.91 Å². The van der Waals surface area contributed by atoms with Gasteiger partial charge < -0.3 is 20.7 Å². The maximum atomic E-state index is 13.1. The van der Waals surface area contributed by atoms with Crippen molar-refractivity contribution in [1.29, 1.82) is 0 Å². The highest BCUT2D eigenvalue weighted by atomic mass is 16.3. The van der Waals surface area contributed by atoms with E-state index in [2.05, 4.69) is 25.6 Å². The third kappa shape index (κ3) is 3.28. The van der Waals surface area contributed by atoms with Gasteiger partial charge in [0.2, 0.25) is 0 Å². The van der Waals surface area contributed by atoms with Gasteiger partial charge in [-0.2, -0.15) is 0 Å². The van der Waals surface area contributed by atoms with Gasteiger partial charge in [-0.05, 0) is 68.1 Å². The number of hydrogen-bond acceptors (Lipinski definition) is 5. The van der Waals surface area contributed by atoms with E-state index in [0.717, 1.165) is 41.7 Å². The fraction of sp³-hybridized carbons (Fsp3) is 0.458. The van der Waals surface area contributed by atoms with E-state index in [1.54, 1.807) is 12.4 Å². The number of hydrogen-bond donors (Lipinski definition) is 4. The lowest BCUT2D eigenvalue weighted by Gasteiger charge is -2.58. The highest BCUT2D eigenvalue weighted by molar-refractivity contribution is 6.06. The van der Waals surface area contributed by atoms with Crippen molar-refractivity contribution in [2.45, 2.75) is 50.3 Å². The third-order valence-electron chi connectivity index (χ3n) is 7.54. The van der Waals surface area contributed by atoms with Crippen molar-refractivity contribution in [1.82, 2.24) is 20.3 Å². The van der Waals surface area contributed by atoms with E-state index < -0.39 is 5.60 Å². The number of aliphatic hydroxyl groups is 1. The maximum Gasteiger partial charge on any atom is 0.255 e. The molecule has 3 aromatic heterocycles. The van der Waals surface area contributed by atoms with Crippen LogP contribution in [0.15, 0.2) is 42.9 Å². The number of aromatic amines is 1. The fourth-order valence-electron chi connectivity index (χ4n) is 6.49. The molecule has 4 fully saturated rings. The van der Waals surface area contributed by atoms with Gasteiger partial charge in [-0.3, -0.25) is 9.78 Å². The summed E-state index contributed by atoms with van der Waals surface area (Å²) in [5, 5.41) is 18.6. The van der Waals surface area contributed by atoms with Crippen LogP contribution in [0.5, 0.6) is 0 Å². The second-order valence-corrected chi connectivity index (χ2v) is 9.66. The number of fused-ring (bicyclic) bond motifs is 1. The molecule has 3 aromatic rings. The molecular formula is C24H27N5O2. The molecule has 7 heteroatoms. The quantitative estimate of drug-likeness (QED) is 0.510. The minimum atomic E-state index is -0.473. The average molecular weight is 418 g/mol. The normalized spacial score (nSPS) is 31.1. The Morgan fingerprint density at radius 1 is 1.16 bits per heavy atom. The first-order chi connectivity index (χ1) is 15.1. The molecule has 1 unspecified atom stereocenters. The van der Waals surface area contributed by atoms with Gasteiger partial charge in [0, 0.05) is 30.0 Å². The first kappa shape index (κ1) is 18.8. The largest absolute Gasteiger partial charge is 0.390 e. The smallest absolute Gasteiger partial charge is 0.255 e. The summed E-state index contributed by atoms with van der Waals surface area (Å²) in [4.78, 5) is 25.0. The van der Waals surface area contributed by atoms with Crippen LogP contribution in [0, 0.1) is 17.8 Å². The molecule has 4 bridgehead atoms. The van der Waals surface area contributed by atoms with E-state index in [1.165, 1.54) is 12.8 Å². The molecule has 4 aliphatic rings. The number of carbonyl (C=O) groups excluding carboxylic acids is 1. The highest BCUT2D eigenvalue weighted by Crippen LogP contribution is 2.56. The molecule has 7 rings (SSSR count). The van der Waals surface area contributed by atoms with Crippen LogP contribution in [-0.2, 0) is 6.54 Å². The van der Waals surface area contributed by atoms with Gasteiger partial charge in [0.15, 0.2) is 0 Å². The SMILES string of the molecule is O=C(NCc1ccccn1)c1cnc2[nH]ccc2c1N[C@H]1[C@@H]2CC3C[C@H]1C[C@@](O)(C3)C2. The summed E-state index contributed by atoms with van der Waals surface area (Å²) >= 11 is 0. The molecule has 160 valence electrons. The van der Waals surface area contributed by atoms with Crippen molar-refractivity contribution >= 4 is 22.6 Å². The van der Waals surface area contributed by atoms with Crippen molar-refractivity contribution < 1.29 is 9.90 Å². The van der Waals surface area contributed by atoms with Crippen LogP contribution in [0.2, 0.25) is 0 Å². The summed E-state index contributed by atoms with van der Waals surface area (Å²) in [6.07, 6.45) is 10.3. The number of aromatic nitrogens is 3. The van der Waals surface area contributed by atoms with Gasteiger partial charge in [0.1, 0.15) is 5.65 Å². The Balaban J connectivity index is 1.30. The number of anilines is 1. The number of nitrogens with one attached hydrogen (secondary N) is 3. The summed E-state index contributed by atoms with van der Waals surface area (Å²) in [6, 6.07) is 7.92. The van der Waals surface area contributed by atoms with Crippen LogP contribution in [0.25, 0.3) is 11.0 Å². The van der Waals surface area contributed by atoms with E-state index in [4.69, 9.17) is 0 Å². The molecule has 1 amide bonds. The number of carbonyl (C=O) groups is 1. The van der Waals surface area contributed by atoms with Crippen molar-refractivity contribution in [3.8, 4) is 0 Å².